The van der Waals surface area contributed by atoms with E-state index in [-0.39, 0.29) is 25.0 Å². The third kappa shape index (κ3) is 5.04. The summed E-state index contributed by atoms with van der Waals surface area (Å²) in [5.41, 5.74) is 0.102. The first-order chi connectivity index (χ1) is 11.3. The van der Waals surface area contributed by atoms with Gasteiger partial charge in [0, 0.05) is 25.2 Å². The molecule has 0 radical (unpaired) electrons. The average molecular weight is 334 g/mol. The second kappa shape index (κ2) is 7.77. The molecule has 0 bridgehead atoms. The van der Waals surface area contributed by atoms with E-state index in [1.54, 1.807) is 17.0 Å². The van der Waals surface area contributed by atoms with Gasteiger partial charge in [0.25, 0.3) is 0 Å². The van der Waals surface area contributed by atoms with Gasteiger partial charge in [-0.3, -0.25) is 9.69 Å². The van der Waals surface area contributed by atoms with Gasteiger partial charge in [-0.2, -0.15) is 0 Å². The molecule has 0 spiro atoms. The maximum Gasteiger partial charge on any atom is 0.410 e. The van der Waals surface area contributed by atoms with Gasteiger partial charge in [-0.05, 0) is 20.8 Å². The number of amides is 1. The predicted octanol–water partition coefficient (Wildman–Crippen LogP) is 1.78. The van der Waals surface area contributed by atoms with Crippen LogP contribution in [0.1, 0.15) is 31.1 Å². The first-order valence-electron chi connectivity index (χ1n) is 8.21. The van der Waals surface area contributed by atoms with E-state index in [2.05, 4.69) is 0 Å². The minimum absolute atomic E-state index is 0.0398. The van der Waals surface area contributed by atoms with Crippen molar-refractivity contribution in [1.82, 2.24) is 9.80 Å². The molecule has 1 atom stereocenters. The van der Waals surface area contributed by atoms with Gasteiger partial charge in [0.1, 0.15) is 5.60 Å². The number of ketones is 1. The van der Waals surface area contributed by atoms with Gasteiger partial charge in [0.05, 0.1) is 19.2 Å². The van der Waals surface area contributed by atoms with Crippen LogP contribution < -0.4 is 0 Å². The highest BCUT2D eigenvalue weighted by Gasteiger charge is 2.33. The van der Waals surface area contributed by atoms with E-state index < -0.39 is 11.7 Å². The molecular weight excluding hydrogens is 308 g/mol. The molecule has 1 fully saturated rings. The minimum Gasteiger partial charge on any atom is -0.444 e. The lowest BCUT2D eigenvalue weighted by Gasteiger charge is -2.40. The highest BCUT2D eigenvalue weighted by Crippen LogP contribution is 2.16. The lowest BCUT2D eigenvalue weighted by Crippen LogP contribution is -2.58. The van der Waals surface area contributed by atoms with Crippen LogP contribution in [-0.2, 0) is 4.74 Å². The standard InChI is InChI=1S/C18H26N2O4/c1-18(2,3)24-17(23)20-10-9-19(11-15(20)13-21)12-16(22)14-7-5-4-6-8-14/h4-8,15,21H,9-13H2,1-3H3/t15-/m0/s1. The maximum absolute atomic E-state index is 12.3. The summed E-state index contributed by atoms with van der Waals surface area (Å²) in [5.74, 6) is 0.0398. The summed E-state index contributed by atoms with van der Waals surface area (Å²) in [5, 5.41) is 9.62. The molecular formula is C18H26N2O4. The summed E-state index contributed by atoms with van der Waals surface area (Å²) in [6.45, 7) is 7.03. The number of hydrogen-bond acceptors (Lipinski definition) is 5. The third-order valence-electron chi connectivity index (χ3n) is 3.87. The van der Waals surface area contributed by atoms with Crippen LogP contribution in [0.4, 0.5) is 4.79 Å². The van der Waals surface area contributed by atoms with Gasteiger partial charge < -0.3 is 14.7 Å². The Morgan fingerprint density at radius 1 is 1.21 bits per heavy atom. The Labute approximate surface area is 143 Å². The van der Waals surface area contributed by atoms with Crippen LogP contribution in [0.15, 0.2) is 30.3 Å². The monoisotopic (exact) mass is 334 g/mol. The van der Waals surface area contributed by atoms with Crippen molar-refractivity contribution in [2.24, 2.45) is 0 Å². The van der Waals surface area contributed by atoms with Crippen LogP contribution in [0.25, 0.3) is 0 Å². The van der Waals surface area contributed by atoms with Crippen LogP contribution in [0, 0.1) is 0 Å². The number of nitrogens with zero attached hydrogens (tertiary/aromatic N) is 2. The van der Waals surface area contributed by atoms with Gasteiger partial charge in [-0.15, -0.1) is 0 Å². The maximum atomic E-state index is 12.3. The highest BCUT2D eigenvalue weighted by atomic mass is 16.6. The van der Waals surface area contributed by atoms with Gasteiger partial charge in [-0.1, -0.05) is 30.3 Å². The Morgan fingerprint density at radius 2 is 1.88 bits per heavy atom. The molecule has 1 amide bonds. The third-order valence-corrected chi connectivity index (χ3v) is 3.87. The van der Waals surface area contributed by atoms with Crippen molar-refractivity contribution in [3.8, 4) is 0 Å². The molecule has 132 valence electrons. The second-order valence-electron chi connectivity index (χ2n) is 7.03. The molecule has 0 saturated carbocycles. The molecule has 1 saturated heterocycles. The summed E-state index contributed by atoms with van der Waals surface area (Å²) in [4.78, 5) is 28.1. The van der Waals surface area contributed by atoms with E-state index in [1.165, 1.54) is 0 Å². The summed E-state index contributed by atoms with van der Waals surface area (Å²) < 4.78 is 5.39. The first kappa shape index (κ1) is 18.4. The van der Waals surface area contributed by atoms with E-state index in [0.717, 1.165) is 0 Å². The Balaban J connectivity index is 1.94. The number of piperazine rings is 1. The van der Waals surface area contributed by atoms with Crippen LogP contribution >= 0.6 is 0 Å². The van der Waals surface area contributed by atoms with Gasteiger partial charge in [0.15, 0.2) is 5.78 Å². The number of aliphatic hydroxyl groups is 1. The second-order valence-corrected chi connectivity index (χ2v) is 7.03. The molecule has 24 heavy (non-hydrogen) atoms. The Kier molecular flexibility index (Phi) is 5.96. The van der Waals surface area contributed by atoms with Crippen LogP contribution in [-0.4, -0.2) is 71.2 Å². The zero-order valence-electron chi connectivity index (χ0n) is 14.6. The number of rotatable bonds is 4. The normalized spacial score (nSPS) is 19.2. The van der Waals surface area contributed by atoms with Gasteiger partial charge in [-0.25, -0.2) is 4.79 Å². The molecule has 0 aromatic heterocycles. The summed E-state index contributed by atoms with van der Waals surface area (Å²) in [6, 6.07) is 8.77. The van der Waals surface area contributed by atoms with E-state index in [1.807, 2.05) is 43.9 Å². The minimum atomic E-state index is -0.572. The van der Waals surface area contributed by atoms with Crippen molar-refractivity contribution in [3.05, 3.63) is 35.9 Å². The molecule has 1 aliphatic rings. The summed E-state index contributed by atoms with van der Waals surface area (Å²) in [6.07, 6.45) is -0.421. The molecule has 1 aromatic rings. The van der Waals surface area contributed by atoms with Crippen LogP contribution in [0.3, 0.4) is 0 Å². The molecule has 1 heterocycles. The van der Waals surface area contributed by atoms with Crippen LogP contribution in [0.5, 0.6) is 0 Å². The predicted molar refractivity (Wildman–Crippen MR) is 91.0 cm³/mol. The number of benzene rings is 1. The first-order valence-corrected chi connectivity index (χ1v) is 8.21. The van der Waals surface area contributed by atoms with Gasteiger partial charge in [0.2, 0.25) is 0 Å². The topological polar surface area (TPSA) is 70.1 Å². The number of carbonyl (C=O) groups is 2. The molecule has 1 N–H and O–H groups in total. The number of Topliss-reactive ketones (excluding diaryl/α,β-unsaturated/α-hetero) is 1. The van der Waals surface area contributed by atoms with Crippen LogP contribution in [0.2, 0.25) is 0 Å². The number of ether oxygens (including phenoxy) is 1. The molecule has 6 nitrogen and oxygen atoms in total. The Bertz CT molecular complexity index is 568. The van der Waals surface area contributed by atoms with Crippen molar-refractivity contribution >= 4 is 11.9 Å². The lowest BCUT2D eigenvalue weighted by atomic mass is 10.1. The van der Waals surface area contributed by atoms with Crippen molar-refractivity contribution in [2.45, 2.75) is 32.4 Å². The van der Waals surface area contributed by atoms with E-state index in [4.69, 9.17) is 4.74 Å². The van der Waals surface area contributed by atoms with Crippen molar-refractivity contribution in [2.75, 3.05) is 32.8 Å². The molecule has 6 heteroatoms. The molecule has 0 unspecified atom stereocenters. The van der Waals surface area contributed by atoms with E-state index in [9.17, 15) is 14.7 Å². The highest BCUT2D eigenvalue weighted by molar-refractivity contribution is 5.97. The van der Waals surface area contributed by atoms with Crippen molar-refractivity contribution in [1.29, 1.82) is 0 Å². The fourth-order valence-electron chi connectivity index (χ4n) is 2.70. The average Bonchev–Trinajstić information content (AvgIpc) is 2.53. The lowest BCUT2D eigenvalue weighted by molar-refractivity contribution is -0.0106. The van der Waals surface area contributed by atoms with Crippen molar-refractivity contribution in [3.63, 3.8) is 0 Å². The SMILES string of the molecule is CC(C)(C)OC(=O)N1CCN(CC(=O)c2ccccc2)C[C@H]1CO. The summed E-state index contributed by atoms with van der Waals surface area (Å²) in [7, 11) is 0. The summed E-state index contributed by atoms with van der Waals surface area (Å²) >= 11 is 0. The van der Waals surface area contributed by atoms with Crippen molar-refractivity contribution < 1.29 is 19.4 Å². The largest absolute Gasteiger partial charge is 0.444 e. The Hall–Kier alpha value is -1.92. The molecule has 1 aromatic carbocycles. The number of carbonyl (C=O) groups excluding carboxylic acids is 2. The van der Waals surface area contributed by atoms with E-state index in [0.29, 0.717) is 25.2 Å². The number of aliphatic hydroxyl groups excluding tert-OH is 1. The van der Waals surface area contributed by atoms with E-state index >= 15 is 0 Å². The Morgan fingerprint density at radius 3 is 2.46 bits per heavy atom. The van der Waals surface area contributed by atoms with Gasteiger partial charge >= 0.3 is 6.09 Å². The number of hydrogen-bond donors (Lipinski definition) is 1. The fraction of sp³-hybridized carbons (Fsp3) is 0.556. The zero-order valence-corrected chi connectivity index (χ0v) is 14.6. The molecule has 0 aliphatic carbocycles. The quantitative estimate of drug-likeness (QED) is 0.850. The zero-order chi connectivity index (χ0) is 17.7. The molecule has 1 aliphatic heterocycles. The molecule has 2 rings (SSSR count). The smallest absolute Gasteiger partial charge is 0.410 e. The fourth-order valence-corrected chi connectivity index (χ4v) is 2.70.